The Kier molecular flexibility index (Phi) is 28.4. The van der Waals surface area contributed by atoms with E-state index in [0.717, 1.165) is 115 Å². The predicted molar refractivity (Wildman–Crippen MR) is 503 cm³/mol. The van der Waals surface area contributed by atoms with Crippen LogP contribution in [-0.4, -0.2) is 155 Å². The average molecular weight is 1740 g/mol. The zero-order chi connectivity index (χ0) is 98.9. The topological polar surface area (TPSA) is 62.4 Å². The minimum absolute atomic E-state index is 0.0377. The molecule has 0 N–H and O–H groups in total. The summed E-state index contributed by atoms with van der Waals surface area (Å²) < 4.78 is 163. The van der Waals surface area contributed by atoms with E-state index in [4.69, 9.17) is 104 Å². The van der Waals surface area contributed by atoms with Crippen LogP contribution in [0, 0.1) is 0 Å². The van der Waals surface area contributed by atoms with E-state index in [-0.39, 0.29) is 31.3 Å². The smallest absolute Gasteiger partial charge is 0.115 e. The van der Waals surface area contributed by atoms with Gasteiger partial charge in [0.15, 0.2) is 0 Å². The normalized spacial score (nSPS) is 23.7. The van der Waals surface area contributed by atoms with Gasteiger partial charge in [-0.3, -0.25) is 0 Å². The van der Waals surface area contributed by atoms with Crippen molar-refractivity contribution in [3.63, 3.8) is 0 Å². The number of ether oxygens (including phenoxy) is 5. The van der Waals surface area contributed by atoms with Crippen LogP contribution in [0.2, 0.25) is 25.1 Å². The third-order valence-electron chi connectivity index (χ3n) is 24.2. The first-order valence-electron chi connectivity index (χ1n) is 50.1. The van der Waals surface area contributed by atoms with Crippen LogP contribution in [0.5, 0.6) is 0 Å². The Hall–Kier alpha value is -6.75. The SMILES string of the molecule is [2H]C([2H])(CO[C@](C)(c1ccccc1)c1ccc(Cl)cc1)[C@H]1CCCN1C.[2H]C([2H])(CO[C@](C)(c1ccccc1)c1ccc(Cl)cc1)[C@H]1CCCN1C([2H])([2H])[2H].[2H]C([2H])(C[C@H]1CCCN1C)O[C@](C)(c1ccccc1)c1ccc(Cl)cc1.[2H]C([2H])(O[C@](C)(c1ccccc1)c1ccc(Cl)cc1)C([2H])([2H])[C@H]1CCCN1C.[2H]C([2H])([2H])N1CCC[C@@H]1CCO[C@](C)(c1ccccc1)c1ccc(Cl)cc1. The molecule has 0 bridgehead atoms. The van der Waals surface area contributed by atoms with E-state index in [2.05, 4.69) is 35.9 Å². The summed E-state index contributed by atoms with van der Waals surface area (Å²) in [4.78, 5) is 9.13. The maximum absolute atomic E-state index is 8.60. The number of hydrogen-bond donors (Lipinski definition) is 0. The van der Waals surface area contributed by atoms with Gasteiger partial charge in [0.1, 0.15) is 28.0 Å². The number of halogens is 5. The molecule has 10 nitrogen and oxygen atoms in total. The van der Waals surface area contributed by atoms with Crippen LogP contribution in [0.4, 0.5) is 0 Å². The summed E-state index contributed by atoms with van der Waals surface area (Å²) >= 11 is 30.2. The first-order valence-corrected chi connectivity index (χ1v) is 44.0. The Morgan fingerprint density at radius 2 is 0.483 bits per heavy atom. The van der Waals surface area contributed by atoms with Gasteiger partial charge in [-0.1, -0.05) is 270 Å². The zero-order valence-electron chi connectivity index (χ0n) is 86.7. The van der Waals surface area contributed by atoms with E-state index >= 15 is 0 Å². The van der Waals surface area contributed by atoms with Crippen molar-refractivity contribution in [3.05, 3.63) is 354 Å². The summed E-state index contributed by atoms with van der Waals surface area (Å²) in [6.07, 6.45) is 4.15. The minimum atomic E-state index is -2.51. The second kappa shape index (κ2) is 46.3. The Morgan fingerprint density at radius 3 is 0.767 bits per heavy atom. The number of rotatable bonds is 30. The Balaban J connectivity index is 0.000000163. The van der Waals surface area contributed by atoms with Crippen molar-refractivity contribution >= 4 is 58.0 Å². The molecule has 0 amide bonds. The molecule has 10 atom stereocenters. The fourth-order valence-corrected chi connectivity index (χ4v) is 16.9. The number of nitrogens with zero attached hydrogens (tertiary/aromatic N) is 5. The molecule has 5 aliphatic heterocycles. The molecule has 0 radical (unpaired) electrons. The summed E-state index contributed by atoms with van der Waals surface area (Å²) in [5.74, 6) is 0. The van der Waals surface area contributed by atoms with Crippen LogP contribution in [0.1, 0.15) is 208 Å². The van der Waals surface area contributed by atoms with Crippen LogP contribution in [-0.2, 0) is 51.7 Å². The molecular formula is C105H130Cl5N5O5. The van der Waals surface area contributed by atoms with Gasteiger partial charge < -0.3 is 48.2 Å². The maximum Gasteiger partial charge on any atom is 0.115 e. The van der Waals surface area contributed by atoms with Gasteiger partial charge in [0.05, 0.1) is 5.48 Å². The van der Waals surface area contributed by atoms with Crippen molar-refractivity contribution in [2.45, 2.75) is 189 Å². The van der Waals surface area contributed by atoms with Gasteiger partial charge in [0, 0.05) is 105 Å². The monoisotopic (exact) mass is 1730 g/mol. The molecule has 5 aliphatic rings. The van der Waals surface area contributed by atoms with E-state index in [1.807, 2.05) is 264 Å². The molecule has 5 heterocycles. The Labute approximate surface area is 767 Å². The van der Waals surface area contributed by atoms with Crippen LogP contribution < -0.4 is 0 Å². The lowest BCUT2D eigenvalue weighted by molar-refractivity contribution is -0.0119. The molecule has 0 aliphatic carbocycles. The molecule has 10 aromatic rings. The summed E-state index contributed by atoms with van der Waals surface area (Å²) in [5, 5.41) is 3.20. The van der Waals surface area contributed by atoms with Gasteiger partial charge in [-0.05, 0) is 315 Å². The number of hydrogen-bond acceptors (Lipinski definition) is 10. The molecule has 10 aromatic carbocycles. The molecule has 15 heteroatoms. The number of benzene rings is 10. The molecular weight excluding hydrogens is 1590 g/mol. The first-order chi connectivity index (χ1) is 64.0. The molecule has 5 fully saturated rings. The van der Waals surface area contributed by atoms with Gasteiger partial charge in [0.2, 0.25) is 0 Å². The quantitative estimate of drug-likeness (QED) is 0.0435. The lowest BCUT2D eigenvalue weighted by Gasteiger charge is -2.32. The Bertz CT molecular complexity index is 5320. The highest BCUT2D eigenvalue weighted by molar-refractivity contribution is 6.31. The van der Waals surface area contributed by atoms with Crippen LogP contribution in [0.3, 0.4) is 0 Å². The molecule has 15 rings (SSSR count). The molecule has 0 spiro atoms. The largest absolute Gasteiger partial charge is 0.366 e. The highest BCUT2D eigenvalue weighted by Gasteiger charge is 2.37. The fraction of sp³-hybridized carbons (Fsp3) is 0.429. The lowest BCUT2D eigenvalue weighted by atomic mass is 9.88. The van der Waals surface area contributed by atoms with Crippen molar-refractivity contribution in [2.75, 3.05) is 101 Å². The van der Waals surface area contributed by atoms with Gasteiger partial charge in [-0.2, -0.15) is 0 Å². The van der Waals surface area contributed by atoms with E-state index in [0.29, 0.717) is 82.5 Å². The second-order valence-corrected chi connectivity index (χ2v) is 34.5. The highest BCUT2D eigenvalue weighted by atomic mass is 35.5. The summed E-state index contributed by atoms with van der Waals surface area (Å²) in [5.41, 5.74) is 4.72. The van der Waals surface area contributed by atoms with Crippen molar-refractivity contribution < 1.29 is 45.6 Å². The maximum atomic E-state index is 8.60. The summed E-state index contributed by atoms with van der Waals surface area (Å²) in [6, 6.07) is 84.9. The molecule has 120 heavy (non-hydrogen) atoms. The van der Waals surface area contributed by atoms with Gasteiger partial charge in [-0.15, -0.1) is 0 Å². The number of likely N-dealkylation sites (tertiary alicyclic amines) is 5. The molecule has 5 saturated heterocycles. The first kappa shape index (κ1) is 73.6. The molecule has 0 unspecified atom stereocenters. The van der Waals surface area contributed by atoms with Crippen molar-refractivity contribution in [3.8, 4) is 0 Å². The van der Waals surface area contributed by atoms with Gasteiger partial charge in [0.25, 0.3) is 0 Å². The average Bonchev–Trinajstić information content (AvgIpc) is 1.09. The van der Waals surface area contributed by atoms with Crippen molar-refractivity contribution in [1.82, 2.24) is 24.5 Å². The van der Waals surface area contributed by atoms with Crippen LogP contribution in [0.25, 0.3) is 0 Å². The van der Waals surface area contributed by atoms with Crippen LogP contribution >= 0.6 is 58.0 Å². The summed E-state index contributed by atoms with van der Waals surface area (Å²) in [7, 11) is 5.88. The predicted octanol–water partition coefficient (Wildman–Crippen LogP) is 25.5. The molecule has 640 valence electrons. The third-order valence-corrected chi connectivity index (χ3v) is 25.5. The summed E-state index contributed by atoms with van der Waals surface area (Å²) in [6.45, 7) is 5.10. The highest BCUT2D eigenvalue weighted by Crippen LogP contribution is 2.41. The van der Waals surface area contributed by atoms with E-state index in [9.17, 15) is 0 Å². The van der Waals surface area contributed by atoms with E-state index < -0.39 is 86.3 Å². The van der Waals surface area contributed by atoms with Gasteiger partial charge in [-0.25, -0.2) is 0 Å². The third kappa shape index (κ3) is 26.0. The molecule has 0 aromatic heterocycles. The minimum Gasteiger partial charge on any atom is -0.366 e. The van der Waals surface area contributed by atoms with Crippen LogP contribution in [0.15, 0.2) is 273 Å². The zero-order valence-corrected chi connectivity index (χ0v) is 74.5. The van der Waals surface area contributed by atoms with Gasteiger partial charge >= 0.3 is 0 Å². The Morgan fingerprint density at radius 1 is 0.267 bits per heavy atom. The van der Waals surface area contributed by atoms with E-state index in [1.165, 1.54) is 4.90 Å². The second-order valence-electron chi connectivity index (χ2n) is 32.3. The van der Waals surface area contributed by atoms with Crippen molar-refractivity contribution in [2.24, 2.45) is 0 Å². The standard InChI is InChI=1S/5C21H26ClNO/c5*1-21(17-7-4-3-5-8-17,18-10-12-19(22)13-11-18)24-16-14-20-9-6-15-23(20)2/h5*3-5,7-8,10-13,20H,6,9,14-16H2,1-2H3/t5*20-,21-/m11111/s1/i14D2,16D2;2D3,14D2;16D2;14D2;2D3. The fourth-order valence-electron chi connectivity index (χ4n) is 16.2. The lowest BCUT2D eigenvalue weighted by Crippen LogP contribution is -2.31. The van der Waals surface area contributed by atoms with Crippen molar-refractivity contribution in [1.29, 1.82) is 0 Å². The van der Waals surface area contributed by atoms with E-state index in [1.54, 1.807) is 48.2 Å². The molecule has 0 saturated carbocycles.